The number of rotatable bonds is 2. The zero-order valence-electron chi connectivity index (χ0n) is 6.95. The number of hydrogen-bond donors (Lipinski definition) is 1. The van der Waals surface area contributed by atoms with Gasteiger partial charge in [-0.3, -0.25) is 0 Å². The van der Waals surface area contributed by atoms with Gasteiger partial charge in [-0.2, -0.15) is 5.26 Å². The van der Waals surface area contributed by atoms with Gasteiger partial charge in [-0.1, -0.05) is 6.07 Å². The fourth-order valence-electron chi connectivity index (χ4n) is 1.29. The highest BCUT2D eigenvalue weighted by Gasteiger charge is 2.00. The lowest BCUT2D eigenvalue weighted by Crippen LogP contribution is -1.75. The van der Waals surface area contributed by atoms with Crippen molar-refractivity contribution < 1.29 is 0 Å². The van der Waals surface area contributed by atoms with Crippen LogP contribution in [0.4, 0.5) is 0 Å². The molecule has 2 rings (SSSR count). The molecule has 0 saturated carbocycles. The van der Waals surface area contributed by atoms with E-state index in [4.69, 9.17) is 5.26 Å². The lowest BCUT2D eigenvalue weighted by molar-refractivity contribution is 1.46. The van der Waals surface area contributed by atoms with Crippen LogP contribution in [0.1, 0.15) is 0 Å². The number of fused-ring (bicyclic) bond motifs is 1. The number of thioether (sulfide) groups is 1. The topological polar surface area (TPSA) is 39.6 Å². The van der Waals surface area contributed by atoms with E-state index >= 15 is 0 Å². The maximum absolute atomic E-state index is 8.47. The van der Waals surface area contributed by atoms with Crippen molar-refractivity contribution in [3.8, 4) is 6.07 Å². The summed E-state index contributed by atoms with van der Waals surface area (Å²) in [5, 5.41) is 9.67. The number of aromatic amines is 1. The fourth-order valence-corrected chi connectivity index (χ4v) is 2.02. The Morgan fingerprint density at radius 1 is 1.38 bits per heavy atom. The van der Waals surface area contributed by atoms with Gasteiger partial charge in [0.1, 0.15) is 0 Å². The van der Waals surface area contributed by atoms with Crippen molar-refractivity contribution >= 4 is 22.7 Å². The Balaban J connectivity index is 2.44. The fraction of sp³-hybridized carbons (Fsp3) is 0.100. The quantitative estimate of drug-likeness (QED) is 0.736. The average molecular weight is 188 g/mol. The van der Waals surface area contributed by atoms with Crippen molar-refractivity contribution in [2.45, 2.75) is 4.90 Å². The molecule has 0 aliphatic carbocycles. The number of hydrogen-bond acceptors (Lipinski definition) is 2. The first-order chi connectivity index (χ1) is 6.42. The average Bonchev–Trinajstić information content (AvgIpc) is 2.62. The van der Waals surface area contributed by atoms with Gasteiger partial charge >= 0.3 is 0 Å². The molecule has 0 fully saturated rings. The van der Waals surface area contributed by atoms with Gasteiger partial charge in [0.2, 0.25) is 0 Å². The maximum atomic E-state index is 8.47. The van der Waals surface area contributed by atoms with E-state index in [9.17, 15) is 0 Å². The summed E-state index contributed by atoms with van der Waals surface area (Å²) in [6, 6.07) is 10.2. The third-order valence-corrected chi connectivity index (χ3v) is 2.79. The SMILES string of the molecule is N#CCSc1cccc2[nH]ccc12. The molecule has 0 bridgehead atoms. The Morgan fingerprint density at radius 3 is 3.15 bits per heavy atom. The van der Waals surface area contributed by atoms with Gasteiger partial charge in [-0.15, -0.1) is 11.8 Å². The van der Waals surface area contributed by atoms with Crippen molar-refractivity contribution in [1.29, 1.82) is 5.26 Å². The summed E-state index contributed by atoms with van der Waals surface area (Å²) in [6.45, 7) is 0. The van der Waals surface area contributed by atoms with Crippen molar-refractivity contribution in [2.75, 3.05) is 5.75 Å². The van der Waals surface area contributed by atoms with Crippen LogP contribution >= 0.6 is 11.8 Å². The van der Waals surface area contributed by atoms with Crippen LogP contribution < -0.4 is 0 Å². The van der Waals surface area contributed by atoms with Gasteiger partial charge in [0.05, 0.1) is 11.8 Å². The Labute approximate surface area is 80.6 Å². The highest BCUT2D eigenvalue weighted by Crippen LogP contribution is 2.26. The molecule has 3 heteroatoms. The second-order valence-electron chi connectivity index (χ2n) is 2.64. The number of aromatic nitrogens is 1. The highest BCUT2D eigenvalue weighted by atomic mass is 32.2. The number of nitriles is 1. The molecule has 0 unspecified atom stereocenters. The molecule has 1 N–H and O–H groups in total. The smallest absolute Gasteiger partial charge is 0.0855 e. The molecule has 64 valence electrons. The van der Waals surface area contributed by atoms with E-state index in [1.807, 2.05) is 30.5 Å². The van der Waals surface area contributed by atoms with Crippen LogP contribution in [0.2, 0.25) is 0 Å². The first kappa shape index (κ1) is 8.21. The third-order valence-electron chi connectivity index (χ3n) is 1.85. The Hall–Kier alpha value is -1.40. The van der Waals surface area contributed by atoms with Crippen LogP contribution in [0.5, 0.6) is 0 Å². The Kier molecular flexibility index (Phi) is 2.24. The third kappa shape index (κ3) is 1.53. The predicted octanol–water partition coefficient (Wildman–Crippen LogP) is 2.78. The number of H-pyrrole nitrogens is 1. The van der Waals surface area contributed by atoms with Gasteiger partial charge < -0.3 is 4.98 Å². The summed E-state index contributed by atoms with van der Waals surface area (Å²) < 4.78 is 0. The molecule has 1 aromatic heterocycles. The van der Waals surface area contributed by atoms with Crippen LogP contribution in [-0.2, 0) is 0 Å². The summed E-state index contributed by atoms with van der Waals surface area (Å²) in [7, 11) is 0. The molecular weight excluding hydrogens is 180 g/mol. The predicted molar refractivity (Wildman–Crippen MR) is 54.6 cm³/mol. The van der Waals surface area contributed by atoms with Gasteiger partial charge in [0, 0.05) is 22.0 Å². The lowest BCUT2D eigenvalue weighted by atomic mass is 10.2. The maximum Gasteiger partial charge on any atom is 0.0855 e. The molecule has 2 nitrogen and oxygen atoms in total. The van der Waals surface area contributed by atoms with Crippen LogP contribution in [-0.4, -0.2) is 10.7 Å². The zero-order chi connectivity index (χ0) is 9.10. The number of nitrogens with one attached hydrogen (secondary N) is 1. The summed E-state index contributed by atoms with van der Waals surface area (Å²) >= 11 is 1.57. The monoisotopic (exact) mass is 188 g/mol. The van der Waals surface area contributed by atoms with E-state index in [-0.39, 0.29) is 0 Å². The van der Waals surface area contributed by atoms with Crippen molar-refractivity contribution in [1.82, 2.24) is 4.98 Å². The minimum absolute atomic E-state index is 0.504. The van der Waals surface area contributed by atoms with Crippen molar-refractivity contribution in [3.63, 3.8) is 0 Å². The van der Waals surface area contributed by atoms with Crippen molar-refractivity contribution in [2.24, 2.45) is 0 Å². The molecule has 2 aromatic rings. The summed E-state index contributed by atoms with van der Waals surface area (Å²) in [5.74, 6) is 0.504. The largest absolute Gasteiger partial charge is 0.361 e. The molecule has 13 heavy (non-hydrogen) atoms. The zero-order valence-corrected chi connectivity index (χ0v) is 7.77. The molecule has 0 saturated heterocycles. The molecule has 0 atom stereocenters. The van der Waals surface area contributed by atoms with E-state index in [0.717, 1.165) is 5.52 Å². The van der Waals surface area contributed by atoms with E-state index in [1.54, 1.807) is 11.8 Å². The van der Waals surface area contributed by atoms with Gasteiger partial charge in [0.15, 0.2) is 0 Å². The molecule has 0 radical (unpaired) electrons. The second kappa shape index (κ2) is 3.55. The lowest BCUT2D eigenvalue weighted by Gasteiger charge is -1.98. The van der Waals surface area contributed by atoms with E-state index in [1.165, 1.54) is 10.3 Å². The standard InChI is InChI=1S/C10H8N2S/c11-5-7-13-10-3-1-2-9-8(10)4-6-12-9/h1-4,6,12H,7H2. The number of nitrogens with zero attached hydrogens (tertiary/aromatic N) is 1. The summed E-state index contributed by atoms with van der Waals surface area (Å²) in [6.07, 6.45) is 1.92. The summed E-state index contributed by atoms with van der Waals surface area (Å²) in [4.78, 5) is 4.31. The first-order valence-corrected chi connectivity index (χ1v) is 4.96. The van der Waals surface area contributed by atoms with E-state index in [2.05, 4.69) is 11.1 Å². The molecular formula is C10H8N2S. The molecule has 0 spiro atoms. The van der Waals surface area contributed by atoms with Crippen LogP contribution in [0, 0.1) is 11.3 Å². The van der Waals surface area contributed by atoms with Gasteiger partial charge in [-0.25, -0.2) is 0 Å². The van der Waals surface area contributed by atoms with Crippen LogP contribution in [0.3, 0.4) is 0 Å². The van der Waals surface area contributed by atoms with Crippen LogP contribution in [0.15, 0.2) is 35.4 Å². The highest BCUT2D eigenvalue weighted by molar-refractivity contribution is 7.99. The van der Waals surface area contributed by atoms with Crippen molar-refractivity contribution in [3.05, 3.63) is 30.5 Å². The molecule has 0 amide bonds. The van der Waals surface area contributed by atoms with E-state index < -0.39 is 0 Å². The molecule has 1 heterocycles. The minimum atomic E-state index is 0.504. The molecule has 1 aromatic carbocycles. The minimum Gasteiger partial charge on any atom is -0.361 e. The Morgan fingerprint density at radius 2 is 2.31 bits per heavy atom. The van der Waals surface area contributed by atoms with Gasteiger partial charge in [-0.05, 0) is 18.2 Å². The van der Waals surface area contributed by atoms with E-state index in [0.29, 0.717) is 5.75 Å². The number of benzene rings is 1. The van der Waals surface area contributed by atoms with Gasteiger partial charge in [0.25, 0.3) is 0 Å². The van der Waals surface area contributed by atoms with Crippen LogP contribution in [0.25, 0.3) is 10.9 Å². The molecule has 0 aliphatic heterocycles. The molecule has 0 aliphatic rings. The summed E-state index contributed by atoms with van der Waals surface area (Å²) in [5.41, 5.74) is 1.13. The Bertz CT molecular complexity index is 453. The first-order valence-electron chi connectivity index (χ1n) is 3.97. The second-order valence-corrected chi connectivity index (χ2v) is 3.66. The normalized spacial score (nSPS) is 10.1.